The van der Waals surface area contributed by atoms with Crippen LogP contribution in [-0.4, -0.2) is 38.2 Å². The van der Waals surface area contributed by atoms with Crippen molar-refractivity contribution >= 4 is 17.0 Å². The van der Waals surface area contributed by atoms with Gasteiger partial charge in [0.1, 0.15) is 5.75 Å². The third-order valence-electron chi connectivity index (χ3n) is 5.45. The Kier molecular flexibility index (Phi) is 7.40. The lowest BCUT2D eigenvalue weighted by atomic mass is 9.96. The molecule has 1 N–H and O–H groups in total. The zero-order valence-electron chi connectivity index (χ0n) is 16.3. The Hall–Kier alpha value is -2.20. The second kappa shape index (κ2) is 10.2. The summed E-state index contributed by atoms with van der Waals surface area (Å²) < 4.78 is 1.75. The number of hydrogen-bond acceptors (Lipinski definition) is 5. The predicted octanol–water partition coefficient (Wildman–Crippen LogP) is 4.98. The molecule has 0 aliphatic heterocycles. The SMILES string of the molecule is C(=NC1CCCCC1)=NC1CCCCC1.CCn1nnc2c(O)cccc21. The van der Waals surface area contributed by atoms with Crippen LogP contribution in [0.4, 0.5) is 0 Å². The fraction of sp³-hybridized carbons (Fsp3) is 0.667. The van der Waals surface area contributed by atoms with E-state index in [0.29, 0.717) is 17.6 Å². The molecule has 0 radical (unpaired) electrons. The number of aromatic hydroxyl groups is 1. The number of phenolic OH excluding ortho intramolecular Hbond substituents is 1. The third kappa shape index (κ3) is 5.64. The van der Waals surface area contributed by atoms with Crippen LogP contribution in [0.15, 0.2) is 28.2 Å². The quantitative estimate of drug-likeness (QED) is 0.775. The van der Waals surface area contributed by atoms with Crippen LogP contribution in [0.1, 0.15) is 71.1 Å². The summed E-state index contributed by atoms with van der Waals surface area (Å²) >= 11 is 0. The second-order valence-corrected chi connectivity index (χ2v) is 7.49. The molecule has 2 aliphatic rings. The van der Waals surface area contributed by atoms with Crippen molar-refractivity contribution in [1.29, 1.82) is 0 Å². The topological polar surface area (TPSA) is 75.7 Å². The maximum absolute atomic E-state index is 9.36. The molecule has 4 rings (SSSR count). The van der Waals surface area contributed by atoms with Gasteiger partial charge < -0.3 is 5.11 Å². The first-order valence-corrected chi connectivity index (χ1v) is 10.4. The normalized spacial score (nSPS) is 18.4. The maximum atomic E-state index is 9.36. The molecule has 146 valence electrons. The number of benzene rings is 1. The Morgan fingerprint density at radius 1 is 1.00 bits per heavy atom. The van der Waals surface area contributed by atoms with Crippen molar-refractivity contribution in [1.82, 2.24) is 15.0 Å². The Bertz CT molecular complexity index is 744. The summed E-state index contributed by atoms with van der Waals surface area (Å²) in [4.78, 5) is 8.92. The van der Waals surface area contributed by atoms with Crippen LogP contribution in [0.5, 0.6) is 5.75 Å². The van der Waals surface area contributed by atoms with Crippen molar-refractivity contribution in [2.75, 3.05) is 0 Å². The van der Waals surface area contributed by atoms with Crippen LogP contribution < -0.4 is 0 Å². The van der Waals surface area contributed by atoms with Gasteiger partial charge in [-0.25, -0.2) is 14.7 Å². The van der Waals surface area contributed by atoms with Gasteiger partial charge in [-0.2, -0.15) is 0 Å². The summed E-state index contributed by atoms with van der Waals surface area (Å²) in [5, 5.41) is 17.1. The van der Waals surface area contributed by atoms with Crippen molar-refractivity contribution in [2.45, 2.75) is 89.8 Å². The standard InChI is InChI=1S/C13H22N2.C8H9N3O/c1-3-7-12(8-4-1)14-11-15-13-9-5-2-6-10-13;1-2-11-6-4-3-5-7(12)8(6)9-10-11/h12-13H,1-10H2;3-5,12H,2H2,1H3. The van der Waals surface area contributed by atoms with Crippen molar-refractivity contribution in [2.24, 2.45) is 9.98 Å². The average Bonchev–Trinajstić information content (AvgIpc) is 3.15. The molecular weight excluding hydrogens is 338 g/mol. The number of aliphatic imine (C=N–C) groups is 2. The zero-order chi connectivity index (χ0) is 18.9. The molecule has 2 fully saturated rings. The molecule has 6 nitrogen and oxygen atoms in total. The molecule has 2 saturated carbocycles. The summed E-state index contributed by atoms with van der Waals surface area (Å²) in [6.45, 7) is 2.75. The first-order valence-electron chi connectivity index (χ1n) is 10.4. The van der Waals surface area contributed by atoms with Crippen LogP contribution in [0.3, 0.4) is 0 Å². The summed E-state index contributed by atoms with van der Waals surface area (Å²) in [7, 11) is 0. The Labute approximate surface area is 161 Å². The minimum absolute atomic E-state index is 0.187. The van der Waals surface area contributed by atoms with Gasteiger partial charge in [0.05, 0.1) is 23.6 Å². The van der Waals surface area contributed by atoms with Crippen molar-refractivity contribution in [3.63, 3.8) is 0 Å². The van der Waals surface area contributed by atoms with Crippen LogP contribution in [0.25, 0.3) is 11.0 Å². The second-order valence-electron chi connectivity index (χ2n) is 7.49. The number of aryl methyl sites for hydroxylation is 1. The lowest BCUT2D eigenvalue weighted by Crippen LogP contribution is -2.10. The van der Waals surface area contributed by atoms with E-state index in [1.54, 1.807) is 16.8 Å². The van der Waals surface area contributed by atoms with Gasteiger partial charge in [-0.1, -0.05) is 49.8 Å². The van der Waals surface area contributed by atoms with E-state index in [1.165, 1.54) is 64.2 Å². The highest BCUT2D eigenvalue weighted by Gasteiger charge is 2.12. The van der Waals surface area contributed by atoms with E-state index in [9.17, 15) is 5.11 Å². The van der Waals surface area contributed by atoms with Gasteiger partial charge >= 0.3 is 0 Å². The summed E-state index contributed by atoms with van der Waals surface area (Å²) in [5.41, 5.74) is 1.44. The minimum atomic E-state index is 0.187. The van der Waals surface area contributed by atoms with E-state index >= 15 is 0 Å². The van der Waals surface area contributed by atoms with Crippen molar-refractivity contribution in [3.05, 3.63) is 18.2 Å². The third-order valence-corrected chi connectivity index (χ3v) is 5.45. The molecule has 1 heterocycles. The van der Waals surface area contributed by atoms with Crippen LogP contribution >= 0.6 is 0 Å². The molecule has 27 heavy (non-hydrogen) atoms. The molecule has 2 aromatic rings. The van der Waals surface area contributed by atoms with Crippen LogP contribution in [-0.2, 0) is 6.54 Å². The zero-order valence-corrected chi connectivity index (χ0v) is 16.3. The number of rotatable bonds is 3. The lowest BCUT2D eigenvalue weighted by Gasteiger charge is -2.17. The van der Waals surface area contributed by atoms with Crippen LogP contribution in [0, 0.1) is 0 Å². The van der Waals surface area contributed by atoms with E-state index in [4.69, 9.17) is 0 Å². The van der Waals surface area contributed by atoms with E-state index in [0.717, 1.165) is 12.1 Å². The molecule has 0 saturated heterocycles. The molecule has 2 aliphatic carbocycles. The number of phenols is 1. The minimum Gasteiger partial charge on any atom is -0.506 e. The van der Waals surface area contributed by atoms with Gasteiger partial charge in [-0.15, -0.1) is 5.10 Å². The van der Waals surface area contributed by atoms with Crippen molar-refractivity contribution in [3.8, 4) is 5.75 Å². The predicted molar refractivity (Wildman–Crippen MR) is 108 cm³/mol. The van der Waals surface area contributed by atoms with Gasteiger partial charge in [0.25, 0.3) is 0 Å². The summed E-state index contributed by atoms with van der Waals surface area (Å²) in [6.07, 6.45) is 13.2. The summed E-state index contributed by atoms with van der Waals surface area (Å²) in [5.74, 6) is 0.187. The first kappa shape index (κ1) is 19.6. The van der Waals surface area contributed by atoms with Gasteiger partial charge in [0.2, 0.25) is 0 Å². The fourth-order valence-electron chi connectivity index (χ4n) is 3.83. The number of aromatic nitrogens is 3. The average molecular weight is 370 g/mol. The lowest BCUT2D eigenvalue weighted by molar-refractivity contribution is 0.438. The maximum Gasteiger partial charge on any atom is 0.154 e. The Balaban J connectivity index is 0.000000159. The van der Waals surface area contributed by atoms with Gasteiger partial charge in [-0.3, -0.25) is 0 Å². The molecule has 1 aromatic heterocycles. The number of fused-ring (bicyclic) bond motifs is 1. The smallest absolute Gasteiger partial charge is 0.154 e. The molecule has 0 amide bonds. The molecule has 0 spiro atoms. The largest absolute Gasteiger partial charge is 0.506 e. The molecule has 0 unspecified atom stereocenters. The van der Waals surface area contributed by atoms with E-state index in [1.807, 2.05) is 13.0 Å². The Morgan fingerprint density at radius 3 is 2.15 bits per heavy atom. The van der Waals surface area contributed by atoms with E-state index in [2.05, 4.69) is 26.3 Å². The molecule has 0 atom stereocenters. The molecular formula is C21H31N5O. The van der Waals surface area contributed by atoms with E-state index < -0.39 is 0 Å². The Morgan fingerprint density at radius 2 is 1.59 bits per heavy atom. The number of hydrogen-bond donors (Lipinski definition) is 1. The van der Waals surface area contributed by atoms with E-state index in [-0.39, 0.29) is 5.75 Å². The first-order chi connectivity index (χ1) is 13.3. The fourth-order valence-corrected chi connectivity index (χ4v) is 3.83. The summed E-state index contributed by atoms with van der Waals surface area (Å²) in [6, 6.07) is 9.32. The monoisotopic (exact) mass is 369 g/mol. The molecule has 6 heteroatoms. The number of nitrogens with zero attached hydrogens (tertiary/aromatic N) is 5. The molecule has 1 aromatic carbocycles. The highest BCUT2D eigenvalue weighted by atomic mass is 16.3. The van der Waals surface area contributed by atoms with Gasteiger partial charge in [0, 0.05) is 6.54 Å². The van der Waals surface area contributed by atoms with Crippen molar-refractivity contribution < 1.29 is 5.11 Å². The van der Waals surface area contributed by atoms with Gasteiger partial charge in [0.15, 0.2) is 5.52 Å². The highest BCUT2D eigenvalue weighted by Crippen LogP contribution is 2.22. The van der Waals surface area contributed by atoms with Crippen LogP contribution in [0.2, 0.25) is 0 Å². The molecule has 0 bridgehead atoms. The van der Waals surface area contributed by atoms with Gasteiger partial charge in [-0.05, 0) is 44.7 Å². The highest BCUT2D eigenvalue weighted by molar-refractivity contribution is 5.80.